The van der Waals surface area contributed by atoms with Crippen molar-refractivity contribution in [1.82, 2.24) is 24.8 Å². The Kier molecular flexibility index (Phi) is 4.59. The number of halogens is 1. The van der Waals surface area contributed by atoms with Crippen molar-refractivity contribution in [2.75, 3.05) is 6.54 Å². The molecule has 1 aliphatic heterocycles. The Morgan fingerprint density at radius 1 is 1.10 bits per heavy atom. The van der Waals surface area contributed by atoms with E-state index in [1.54, 1.807) is 24.3 Å². The lowest BCUT2D eigenvalue weighted by atomic mass is 10.0. The van der Waals surface area contributed by atoms with Gasteiger partial charge in [0.15, 0.2) is 5.69 Å². The average Bonchev–Trinajstić information content (AvgIpc) is 3.39. The van der Waals surface area contributed by atoms with Gasteiger partial charge in [-0.25, -0.2) is 0 Å². The van der Waals surface area contributed by atoms with E-state index >= 15 is 0 Å². The number of benzene rings is 2. The highest BCUT2D eigenvalue weighted by atomic mass is 35.5. The molecule has 2 aromatic carbocycles. The van der Waals surface area contributed by atoms with E-state index in [1.165, 1.54) is 0 Å². The van der Waals surface area contributed by atoms with Crippen LogP contribution in [0.15, 0.2) is 59.1 Å². The number of fused-ring (bicyclic) bond motifs is 1. The van der Waals surface area contributed by atoms with Crippen molar-refractivity contribution in [3.8, 4) is 23.0 Å². The number of carbonyl (C=O) groups excluding carboxylic acids is 1. The number of carbonyl (C=O) groups is 1. The number of aryl methyl sites for hydroxylation is 1. The summed E-state index contributed by atoms with van der Waals surface area (Å²) in [5.74, 6) is 0.823. The smallest absolute Gasteiger partial charge is 0.279 e. The summed E-state index contributed by atoms with van der Waals surface area (Å²) in [6, 6.07) is 16.6. The number of amides is 1. The number of hydrogen-bond donors (Lipinski definition) is 0. The van der Waals surface area contributed by atoms with Crippen LogP contribution in [0.3, 0.4) is 0 Å². The highest BCUT2D eigenvalue weighted by molar-refractivity contribution is 6.30. The third-order valence-corrected chi connectivity index (χ3v) is 5.53. The Labute approximate surface area is 177 Å². The largest absolute Gasteiger partial charge is 0.334 e. The van der Waals surface area contributed by atoms with Gasteiger partial charge in [-0.05, 0) is 24.3 Å². The molecule has 0 fully saturated rings. The topological polar surface area (TPSA) is 77.1 Å². The van der Waals surface area contributed by atoms with Crippen LogP contribution in [0.4, 0.5) is 0 Å². The van der Waals surface area contributed by atoms with Gasteiger partial charge in [0.1, 0.15) is 0 Å². The molecular weight excluding hydrogens is 402 g/mol. The average molecular weight is 420 g/mol. The molecule has 0 bridgehead atoms. The Morgan fingerprint density at radius 3 is 2.63 bits per heavy atom. The summed E-state index contributed by atoms with van der Waals surface area (Å²) >= 11 is 5.95. The van der Waals surface area contributed by atoms with Gasteiger partial charge in [-0.15, -0.1) is 0 Å². The number of aromatic nitrogens is 4. The minimum absolute atomic E-state index is 0.0392. The van der Waals surface area contributed by atoms with Gasteiger partial charge >= 0.3 is 0 Å². The van der Waals surface area contributed by atoms with E-state index in [4.69, 9.17) is 16.1 Å². The second kappa shape index (κ2) is 7.42. The number of rotatable bonds is 3. The van der Waals surface area contributed by atoms with Crippen LogP contribution in [-0.2, 0) is 20.0 Å². The molecule has 0 unspecified atom stereocenters. The maximum Gasteiger partial charge on any atom is 0.279 e. The lowest BCUT2D eigenvalue weighted by Gasteiger charge is -2.27. The first kappa shape index (κ1) is 18.6. The molecule has 5 rings (SSSR count). The fourth-order valence-electron chi connectivity index (χ4n) is 3.74. The molecule has 7 nitrogen and oxygen atoms in total. The summed E-state index contributed by atoms with van der Waals surface area (Å²) in [5.41, 5.74) is 4.11. The first-order valence-electron chi connectivity index (χ1n) is 9.59. The zero-order chi connectivity index (χ0) is 20.7. The maximum absolute atomic E-state index is 13.0. The Hall–Kier alpha value is -3.45. The molecule has 0 spiro atoms. The van der Waals surface area contributed by atoms with Crippen molar-refractivity contribution in [1.29, 1.82) is 0 Å². The minimum Gasteiger partial charge on any atom is -0.334 e. The van der Waals surface area contributed by atoms with Gasteiger partial charge in [0.2, 0.25) is 5.82 Å². The van der Waals surface area contributed by atoms with Crippen LogP contribution in [0, 0.1) is 0 Å². The van der Waals surface area contributed by atoms with E-state index < -0.39 is 0 Å². The Balaban J connectivity index is 1.46. The zero-order valence-electron chi connectivity index (χ0n) is 16.2. The van der Waals surface area contributed by atoms with E-state index in [0.29, 0.717) is 47.5 Å². The highest BCUT2D eigenvalue weighted by Gasteiger charge is 2.30. The molecule has 0 N–H and O–H groups in total. The van der Waals surface area contributed by atoms with Gasteiger partial charge in [0, 0.05) is 47.4 Å². The van der Waals surface area contributed by atoms with E-state index in [-0.39, 0.29) is 5.91 Å². The van der Waals surface area contributed by atoms with Gasteiger partial charge in [-0.1, -0.05) is 47.1 Å². The maximum atomic E-state index is 13.0. The van der Waals surface area contributed by atoms with Crippen molar-refractivity contribution in [2.24, 2.45) is 7.05 Å². The van der Waals surface area contributed by atoms with Crippen LogP contribution in [-0.4, -0.2) is 37.3 Å². The normalized spacial score (nSPS) is 13.3. The van der Waals surface area contributed by atoms with Crippen LogP contribution in [0.25, 0.3) is 23.0 Å². The molecule has 0 radical (unpaired) electrons. The van der Waals surface area contributed by atoms with Crippen molar-refractivity contribution in [2.45, 2.75) is 13.0 Å². The predicted molar refractivity (Wildman–Crippen MR) is 112 cm³/mol. The standard InChI is InChI=1S/C22H18ClN5O2/c1-27-18-11-12-28(22(29)15-7-9-16(23)10-8-15)13-17(18)19(25-27)21-24-20(26-30-21)14-5-3-2-4-6-14/h2-10H,11-13H2,1H3. The van der Waals surface area contributed by atoms with Gasteiger partial charge in [-0.3, -0.25) is 9.48 Å². The highest BCUT2D eigenvalue weighted by Crippen LogP contribution is 2.30. The molecular formula is C22H18ClN5O2. The molecule has 150 valence electrons. The SMILES string of the molecule is Cn1nc(-c2nc(-c3ccccc3)no2)c2c1CCN(C(=O)c1ccc(Cl)cc1)C2. The van der Waals surface area contributed by atoms with Crippen LogP contribution in [0.5, 0.6) is 0 Å². The molecule has 0 atom stereocenters. The van der Waals surface area contributed by atoms with E-state index in [9.17, 15) is 4.79 Å². The third-order valence-electron chi connectivity index (χ3n) is 5.28. The predicted octanol–water partition coefficient (Wildman–Crippen LogP) is 3.99. The quantitative estimate of drug-likeness (QED) is 0.501. The van der Waals surface area contributed by atoms with Crippen LogP contribution in [0.2, 0.25) is 5.02 Å². The first-order chi connectivity index (χ1) is 14.6. The Morgan fingerprint density at radius 2 is 1.87 bits per heavy atom. The molecule has 30 heavy (non-hydrogen) atoms. The fourth-order valence-corrected chi connectivity index (χ4v) is 3.86. The van der Waals surface area contributed by atoms with Crippen LogP contribution in [0.1, 0.15) is 21.6 Å². The summed E-state index contributed by atoms with van der Waals surface area (Å²) < 4.78 is 7.36. The van der Waals surface area contributed by atoms with Crippen molar-refractivity contribution in [3.05, 3.63) is 76.4 Å². The van der Waals surface area contributed by atoms with E-state index in [1.807, 2.05) is 47.0 Å². The van der Waals surface area contributed by atoms with Crippen molar-refractivity contribution in [3.63, 3.8) is 0 Å². The van der Waals surface area contributed by atoms with Crippen molar-refractivity contribution < 1.29 is 9.32 Å². The summed E-state index contributed by atoms with van der Waals surface area (Å²) in [7, 11) is 1.90. The molecule has 2 aromatic heterocycles. The fraction of sp³-hybridized carbons (Fsp3) is 0.182. The second-order valence-corrected chi connectivity index (χ2v) is 7.61. The molecule has 0 saturated carbocycles. The minimum atomic E-state index is -0.0392. The number of hydrogen-bond acceptors (Lipinski definition) is 5. The third kappa shape index (κ3) is 3.27. The summed E-state index contributed by atoms with van der Waals surface area (Å²) in [6.07, 6.45) is 0.706. The van der Waals surface area contributed by atoms with E-state index in [2.05, 4.69) is 15.2 Å². The zero-order valence-corrected chi connectivity index (χ0v) is 17.0. The molecule has 4 aromatic rings. The summed E-state index contributed by atoms with van der Waals surface area (Å²) in [5, 5.41) is 9.32. The lowest BCUT2D eigenvalue weighted by Crippen LogP contribution is -2.36. The van der Waals surface area contributed by atoms with E-state index in [0.717, 1.165) is 16.8 Å². The van der Waals surface area contributed by atoms with Crippen molar-refractivity contribution >= 4 is 17.5 Å². The van der Waals surface area contributed by atoms with Gasteiger partial charge in [-0.2, -0.15) is 10.1 Å². The molecule has 3 heterocycles. The Bertz CT molecular complexity index is 1210. The molecule has 1 amide bonds. The van der Waals surface area contributed by atoms with Gasteiger partial charge < -0.3 is 9.42 Å². The summed E-state index contributed by atoms with van der Waals surface area (Å²) in [6.45, 7) is 1.05. The van der Waals surface area contributed by atoms with Gasteiger partial charge in [0.25, 0.3) is 11.8 Å². The summed E-state index contributed by atoms with van der Waals surface area (Å²) in [4.78, 5) is 19.3. The molecule has 8 heteroatoms. The second-order valence-electron chi connectivity index (χ2n) is 7.17. The number of nitrogens with zero attached hydrogens (tertiary/aromatic N) is 5. The molecule has 0 aliphatic carbocycles. The van der Waals surface area contributed by atoms with Crippen LogP contribution >= 0.6 is 11.6 Å². The monoisotopic (exact) mass is 419 g/mol. The first-order valence-corrected chi connectivity index (χ1v) is 9.97. The van der Waals surface area contributed by atoms with Gasteiger partial charge in [0.05, 0.1) is 6.54 Å². The molecule has 1 aliphatic rings. The lowest BCUT2D eigenvalue weighted by molar-refractivity contribution is 0.0733. The molecule has 0 saturated heterocycles. The van der Waals surface area contributed by atoms with Crippen LogP contribution < -0.4 is 0 Å².